The Balaban J connectivity index is 1.76. The van der Waals surface area contributed by atoms with Gasteiger partial charge in [0.05, 0.1) is 15.2 Å². The fourth-order valence-corrected chi connectivity index (χ4v) is 6.49. The molecule has 1 spiro atoms. The third-order valence-corrected chi connectivity index (χ3v) is 7.88. The smallest absolute Gasteiger partial charge is 0.332 e. The molecule has 3 aliphatic rings. The van der Waals surface area contributed by atoms with Crippen molar-refractivity contribution in [1.29, 1.82) is 0 Å². The van der Waals surface area contributed by atoms with Gasteiger partial charge in [0.2, 0.25) is 0 Å². The van der Waals surface area contributed by atoms with Gasteiger partial charge in [0.25, 0.3) is 5.69 Å². The zero-order valence-corrected chi connectivity index (χ0v) is 17.0. The highest BCUT2D eigenvalue weighted by molar-refractivity contribution is 8.29. The Morgan fingerprint density at radius 2 is 1.76 bits per heavy atom. The SMILES string of the molecule is CC(C)N1CCC(C2=CS3(OC(=O)C=CC(=O)O3)c3cc([N+](=O)[O-])ccc32)CC1. The third-order valence-electron chi connectivity index (χ3n) is 5.54. The molecule has 154 valence electrons. The molecule has 0 unspecified atom stereocenters. The molecule has 0 N–H and O–H groups in total. The van der Waals surface area contributed by atoms with E-state index in [2.05, 4.69) is 18.7 Å². The average Bonchev–Trinajstić information content (AvgIpc) is 2.90. The molecule has 1 aromatic carbocycles. The minimum atomic E-state index is -2.88. The molecule has 8 nitrogen and oxygen atoms in total. The van der Waals surface area contributed by atoms with Crippen LogP contribution >= 0.6 is 10.6 Å². The van der Waals surface area contributed by atoms with Gasteiger partial charge in [-0.2, -0.15) is 0 Å². The predicted octanol–water partition coefficient (Wildman–Crippen LogP) is 3.72. The third kappa shape index (κ3) is 3.56. The quantitative estimate of drug-likeness (QED) is 0.545. The summed E-state index contributed by atoms with van der Waals surface area (Å²) in [6, 6.07) is 4.95. The zero-order chi connectivity index (χ0) is 20.8. The first kappa shape index (κ1) is 19.7. The Labute approximate surface area is 170 Å². The van der Waals surface area contributed by atoms with E-state index in [9.17, 15) is 19.7 Å². The molecule has 1 fully saturated rings. The van der Waals surface area contributed by atoms with Crippen LogP contribution in [0, 0.1) is 16.0 Å². The number of carbonyl (C=O) groups excluding carboxylic acids is 2. The summed E-state index contributed by atoms with van der Waals surface area (Å²) < 4.78 is 11.2. The van der Waals surface area contributed by atoms with E-state index in [1.807, 2.05) is 0 Å². The molecule has 0 bridgehead atoms. The summed E-state index contributed by atoms with van der Waals surface area (Å²) in [5.41, 5.74) is 1.57. The van der Waals surface area contributed by atoms with E-state index >= 15 is 0 Å². The van der Waals surface area contributed by atoms with Crippen LogP contribution in [0.25, 0.3) is 5.57 Å². The van der Waals surface area contributed by atoms with E-state index < -0.39 is 27.5 Å². The van der Waals surface area contributed by atoms with Crippen LogP contribution in [0.15, 0.2) is 40.7 Å². The fraction of sp³-hybridized carbons (Fsp3) is 0.400. The second-order valence-corrected chi connectivity index (χ2v) is 9.70. The summed E-state index contributed by atoms with van der Waals surface area (Å²) in [5.74, 6) is -1.20. The van der Waals surface area contributed by atoms with Gasteiger partial charge in [-0.05, 0) is 57.3 Å². The standard InChI is InChI=1S/C20H22N2O6S/c1-13(2)21-9-7-14(8-10-21)17-12-29(27-19(23)5-6-20(24)28-29)18-11-15(22(25)26)3-4-16(17)18/h3-6,11-14H,7-10H2,1-2H3. The van der Waals surface area contributed by atoms with Crippen molar-refractivity contribution in [2.75, 3.05) is 13.1 Å². The van der Waals surface area contributed by atoms with Gasteiger partial charge in [0.1, 0.15) is 0 Å². The molecule has 0 aromatic heterocycles. The molecule has 0 aliphatic carbocycles. The van der Waals surface area contributed by atoms with Gasteiger partial charge < -0.3 is 13.3 Å². The summed E-state index contributed by atoms with van der Waals surface area (Å²) in [5, 5.41) is 13.1. The van der Waals surface area contributed by atoms with Crippen molar-refractivity contribution >= 4 is 33.8 Å². The van der Waals surface area contributed by atoms with Crippen molar-refractivity contribution in [2.24, 2.45) is 5.92 Å². The van der Waals surface area contributed by atoms with Gasteiger partial charge in [0.15, 0.2) is 0 Å². The Hall–Kier alpha value is -2.65. The second-order valence-electron chi connectivity index (χ2n) is 7.60. The van der Waals surface area contributed by atoms with Crippen LogP contribution in [0.3, 0.4) is 0 Å². The van der Waals surface area contributed by atoms with Crippen LogP contribution in [0.4, 0.5) is 5.69 Å². The maximum absolute atomic E-state index is 12.1. The van der Waals surface area contributed by atoms with E-state index in [1.165, 1.54) is 12.1 Å². The molecule has 9 heteroatoms. The van der Waals surface area contributed by atoms with Crippen LogP contribution < -0.4 is 0 Å². The first-order valence-electron chi connectivity index (χ1n) is 9.52. The Morgan fingerprint density at radius 3 is 2.31 bits per heavy atom. The van der Waals surface area contributed by atoms with Gasteiger partial charge in [-0.15, -0.1) is 0 Å². The van der Waals surface area contributed by atoms with Crippen molar-refractivity contribution in [3.8, 4) is 0 Å². The largest absolute Gasteiger partial charge is 0.354 e. The first-order chi connectivity index (χ1) is 13.8. The highest BCUT2D eigenvalue weighted by Gasteiger charge is 2.42. The number of likely N-dealkylation sites (tertiary alicyclic amines) is 1. The molecular weight excluding hydrogens is 396 g/mol. The summed E-state index contributed by atoms with van der Waals surface area (Å²) in [6.45, 7) is 6.21. The number of nitro groups is 1. The number of allylic oxidation sites excluding steroid dienone is 1. The molecule has 3 heterocycles. The fourth-order valence-electron chi connectivity index (χ4n) is 4.03. The van der Waals surface area contributed by atoms with Crippen LogP contribution in [0.2, 0.25) is 0 Å². The van der Waals surface area contributed by atoms with Gasteiger partial charge in [-0.25, -0.2) is 9.59 Å². The van der Waals surface area contributed by atoms with E-state index in [0.29, 0.717) is 10.9 Å². The predicted molar refractivity (Wildman–Crippen MR) is 108 cm³/mol. The molecule has 1 saturated heterocycles. The summed E-state index contributed by atoms with van der Waals surface area (Å²) in [4.78, 5) is 37.9. The number of nitrogens with zero attached hydrogens (tertiary/aromatic N) is 2. The molecule has 3 aliphatic heterocycles. The Bertz CT molecular complexity index is 926. The number of non-ortho nitro benzene ring substituents is 1. The molecular formula is C20H22N2O6S. The molecule has 0 amide bonds. The molecule has 4 rings (SSSR count). The van der Waals surface area contributed by atoms with Crippen LogP contribution in [0.1, 0.15) is 32.3 Å². The summed E-state index contributed by atoms with van der Waals surface area (Å²) in [7, 11) is -2.88. The number of fused-ring (bicyclic) bond motifs is 2. The van der Waals surface area contributed by atoms with Crippen molar-refractivity contribution in [3.05, 3.63) is 51.4 Å². The number of hydrogen-bond donors (Lipinski definition) is 0. The zero-order valence-electron chi connectivity index (χ0n) is 16.2. The van der Waals surface area contributed by atoms with Crippen molar-refractivity contribution < 1.29 is 22.9 Å². The summed E-state index contributed by atoms with van der Waals surface area (Å²) in [6.07, 6.45) is 3.87. The Kier molecular flexibility index (Phi) is 4.95. The Morgan fingerprint density at radius 1 is 1.14 bits per heavy atom. The van der Waals surface area contributed by atoms with Gasteiger partial charge in [-0.3, -0.25) is 10.1 Å². The number of nitro benzene ring substituents is 1. The lowest BCUT2D eigenvalue weighted by Crippen LogP contribution is -2.38. The van der Waals surface area contributed by atoms with Crippen molar-refractivity contribution in [2.45, 2.75) is 37.6 Å². The van der Waals surface area contributed by atoms with Gasteiger partial charge in [0, 0.05) is 35.9 Å². The van der Waals surface area contributed by atoms with Crippen LogP contribution in [0.5, 0.6) is 0 Å². The topological polar surface area (TPSA) is 99.0 Å². The van der Waals surface area contributed by atoms with Gasteiger partial charge in [-0.1, -0.05) is 10.6 Å². The highest BCUT2D eigenvalue weighted by Crippen LogP contribution is 2.68. The maximum Gasteiger partial charge on any atom is 0.354 e. The minimum Gasteiger partial charge on any atom is -0.332 e. The molecule has 0 atom stereocenters. The number of hydrogen-bond acceptors (Lipinski definition) is 7. The lowest BCUT2D eigenvalue weighted by molar-refractivity contribution is -0.385. The van der Waals surface area contributed by atoms with Crippen LogP contribution in [-0.2, 0) is 18.0 Å². The normalized spacial score (nSPS) is 22.7. The van der Waals surface area contributed by atoms with Crippen molar-refractivity contribution in [1.82, 2.24) is 4.90 Å². The molecule has 1 aromatic rings. The number of carbonyl (C=O) groups is 2. The van der Waals surface area contributed by atoms with E-state index in [4.69, 9.17) is 8.37 Å². The highest BCUT2D eigenvalue weighted by atomic mass is 32.3. The monoisotopic (exact) mass is 418 g/mol. The van der Waals surface area contributed by atoms with Crippen molar-refractivity contribution in [3.63, 3.8) is 0 Å². The lowest BCUT2D eigenvalue weighted by atomic mass is 9.86. The maximum atomic E-state index is 12.1. The first-order valence-corrected chi connectivity index (χ1v) is 11.1. The molecule has 29 heavy (non-hydrogen) atoms. The average molecular weight is 418 g/mol. The lowest BCUT2D eigenvalue weighted by Gasteiger charge is -2.35. The van der Waals surface area contributed by atoms with E-state index in [-0.39, 0.29) is 11.6 Å². The van der Waals surface area contributed by atoms with Crippen LogP contribution in [-0.4, -0.2) is 40.9 Å². The minimum absolute atomic E-state index is 0.135. The molecule has 0 saturated carbocycles. The second kappa shape index (κ2) is 7.31. The van der Waals surface area contributed by atoms with Gasteiger partial charge >= 0.3 is 11.9 Å². The molecule has 0 radical (unpaired) electrons. The van der Waals surface area contributed by atoms with E-state index in [1.54, 1.807) is 11.5 Å². The number of benzene rings is 1. The number of rotatable bonds is 3. The van der Waals surface area contributed by atoms with E-state index in [0.717, 1.165) is 49.2 Å². The summed E-state index contributed by atoms with van der Waals surface area (Å²) >= 11 is 0. The number of piperidine rings is 1.